The second-order valence-electron chi connectivity index (χ2n) is 6.39. The van der Waals surface area contributed by atoms with Crippen molar-refractivity contribution < 1.29 is 9.59 Å². The van der Waals surface area contributed by atoms with E-state index in [1.165, 1.54) is 0 Å². The van der Waals surface area contributed by atoms with E-state index in [0.717, 1.165) is 36.8 Å². The summed E-state index contributed by atoms with van der Waals surface area (Å²) in [5.74, 6) is -0.0216. The van der Waals surface area contributed by atoms with Crippen LogP contribution in [0, 0.1) is 0 Å². The summed E-state index contributed by atoms with van der Waals surface area (Å²) in [7, 11) is 0. The molecule has 7 heteroatoms. The Labute approximate surface area is 144 Å². The summed E-state index contributed by atoms with van der Waals surface area (Å²) in [5.41, 5.74) is 1.47. The Kier molecular flexibility index (Phi) is 3.84. The maximum atomic E-state index is 12.8. The number of nitrogens with one attached hydrogen (secondary N) is 2. The van der Waals surface area contributed by atoms with Gasteiger partial charge in [0.15, 0.2) is 0 Å². The molecule has 126 valence electrons. The summed E-state index contributed by atoms with van der Waals surface area (Å²) < 4.78 is 0. The number of fused-ring (bicyclic) bond motifs is 1. The quantitative estimate of drug-likeness (QED) is 0.877. The largest absolute Gasteiger partial charge is 0.351 e. The molecule has 2 aliphatic heterocycles. The second kappa shape index (κ2) is 6.02. The van der Waals surface area contributed by atoms with Crippen molar-refractivity contribution in [2.45, 2.75) is 18.9 Å². The predicted octanol–water partition coefficient (Wildman–Crippen LogP) is 2.45. The van der Waals surface area contributed by atoms with Crippen LogP contribution in [0.5, 0.6) is 0 Å². The number of amides is 3. The highest BCUT2D eigenvalue weighted by Gasteiger charge is 2.33. The van der Waals surface area contributed by atoms with E-state index in [2.05, 4.69) is 10.3 Å². The predicted molar refractivity (Wildman–Crippen MR) is 92.3 cm³/mol. The van der Waals surface area contributed by atoms with Crippen molar-refractivity contribution >= 4 is 34.4 Å². The van der Waals surface area contributed by atoms with Gasteiger partial charge in [-0.05, 0) is 37.1 Å². The number of urea groups is 1. The third-order valence-electron chi connectivity index (χ3n) is 4.83. The zero-order valence-corrected chi connectivity index (χ0v) is 14.0. The van der Waals surface area contributed by atoms with Gasteiger partial charge >= 0.3 is 6.03 Å². The Morgan fingerprint density at radius 2 is 2.12 bits per heavy atom. The highest BCUT2D eigenvalue weighted by Crippen LogP contribution is 2.23. The van der Waals surface area contributed by atoms with Crippen molar-refractivity contribution in [1.29, 1.82) is 0 Å². The Hall–Kier alpha value is -2.21. The summed E-state index contributed by atoms with van der Waals surface area (Å²) in [5, 5.41) is 4.41. The molecule has 0 spiro atoms. The summed E-state index contributed by atoms with van der Waals surface area (Å²) in [6.45, 7) is 2.71. The molecule has 2 N–H and O–H groups in total. The highest BCUT2D eigenvalue weighted by molar-refractivity contribution is 6.31. The third-order valence-corrected chi connectivity index (χ3v) is 5.06. The van der Waals surface area contributed by atoms with Gasteiger partial charge in [-0.1, -0.05) is 11.6 Å². The van der Waals surface area contributed by atoms with Gasteiger partial charge in [0.2, 0.25) is 0 Å². The smallest absolute Gasteiger partial charge is 0.317 e. The number of piperidine rings is 1. The Morgan fingerprint density at radius 3 is 2.92 bits per heavy atom. The van der Waals surface area contributed by atoms with Crippen molar-refractivity contribution in [2.75, 3.05) is 26.2 Å². The number of halogens is 1. The fraction of sp³-hybridized carbons (Fsp3) is 0.412. The molecular formula is C17H19ClN4O2. The first-order valence-electron chi connectivity index (χ1n) is 8.24. The summed E-state index contributed by atoms with van der Waals surface area (Å²) in [4.78, 5) is 31.6. The number of H-pyrrole nitrogens is 1. The van der Waals surface area contributed by atoms with Crippen molar-refractivity contribution in [3.63, 3.8) is 0 Å². The lowest BCUT2D eigenvalue weighted by molar-refractivity contribution is 0.0629. The number of aromatic amines is 1. The minimum Gasteiger partial charge on any atom is -0.351 e. The zero-order chi connectivity index (χ0) is 16.7. The molecule has 0 saturated carbocycles. The summed E-state index contributed by atoms with van der Waals surface area (Å²) in [6, 6.07) is 7.45. The second-order valence-corrected chi connectivity index (χ2v) is 6.82. The highest BCUT2D eigenvalue weighted by atomic mass is 35.5. The monoisotopic (exact) mass is 346 g/mol. The lowest BCUT2D eigenvalue weighted by Crippen LogP contribution is -2.50. The van der Waals surface area contributed by atoms with Gasteiger partial charge in [-0.3, -0.25) is 4.79 Å². The fourth-order valence-corrected chi connectivity index (χ4v) is 3.80. The van der Waals surface area contributed by atoms with Gasteiger partial charge in [-0.25, -0.2) is 4.79 Å². The summed E-state index contributed by atoms with van der Waals surface area (Å²) >= 11 is 6.01. The van der Waals surface area contributed by atoms with E-state index >= 15 is 0 Å². The van der Waals surface area contributed by atoms with Gasteiger partial charge in [-0.15, -0.1) is 0 Å². The molecule has 24 heavy (non-hydrogen) atoms. The molecule has 0 aliphatic carbocycles. The van der Waals surface area contributed by atoms with Crippen molar-refractivity contribution in [1.82, 2.24) is 20.1 Å². The standard InChI is InChI=1S/C17H19ClN4O2/c18-12-3-4-14-11(8-12)9-15(20-14)16(23)21-6-1-2-13(10-21)22-7-5-19-17(22)24/h3-4,8-9,13,20H,1-2,5-7,10H2,(H,19,24). The van der Waals surface area contributed by atoms with Crippen LogP contribution in [0.3, 0.4) is 0 Å². The number of carbonyl (C=O) groups is 2. The van der Waals surface area contributed by atoms with Crippen molar-refractivity contribution in [3.8, 4) is 0 Å². The number of rotatable bonds is 2. The van der Waals surface area contributed by atoms with E-state index in [0.29, 0.717) is 23.8 Å². The first kappa shape index (κ1) is 15.3. The lowest BCUT2D eigenvalue weighted by atomic mass is 10.0. The van der Waals surface area contributed by atoms with E-state index < -0.39 is 0 Å². The molecule has 2 fully saturated rings. The van der Waals surface area contributed by atoms with Gasteiger partial charge in [0.1, 0.15) is 5.69 Å². The maximum Gasteiger partial charge on any atom is 0.317 e. The van der Waals surface area contributed by atoms with Gasteiger partial charge in [0.05, 0.1) is 6.04 Å². The molecule has 6 nitrogen and oxygen atoms in total. The number of aromatic nitrogens is 1. The molecular weight excluding hydrogens is 328 g/mol. The van der Waals surface area contributed by atoms with Crippen molar-refractivity contribution in [2.24, 2.45) is 0 Å². The minimum absolute atomic E-state index is 0.0189. The topological polar surface area (TPSA) is 68.4 Å². The molecule has 0 bridgehead atoms. The molecule has 1 aromatic carbocycles. The number of hydrogen-bond acceptors (Lipinski definition) is 2. The van der Waals surface area contributed by atoms with Gasteiger partial charge < -0.3 is 20.1 Å². The first-order chi connectivity index (χ1) is 11.6. The zero-order valence-electron chi connectivity index (χ0n) is 13.2. The van der Waals surface area contributed by atoms with Crippen LogP contribution in [0.15, 0.2) is 24.3 Å². The summed E-state index contributed by atoms with van der Waals surface area (Å²) in [6.07, 6.45) is 1.85. The third kappa shape index (κ3) is 2.71. The van der Waals surface area contributed by atoms with E-state index in [-0.39, 0.29) is 18.0 Å². The van der Waals surface area contributed by atoms with Crippen LogP contribution >= 0.6 is 11.6 Å². The van der Waals surface area contributed by atoms with Crippen LogP contribution in [-0.2, 0) is 0 Å². The van der Waals surface area contributed by atoms with Crippen LogP contribution in [0.2, 0.25) is 5.02 Å². The van der Waals surface area contributed by atoms with E-state index in [1.807, 2.05) is 28.0 Å². The number of carbonyl (C=O) groups excluding carboxylic acids is 2. The SMILES string of the molecule is O=C(c1cc2cc(Cl)ccc2[nH]1)N1CCCC(N2CCNC2=O)C1. The molecule has 4 rings (SSSR count). The van der Waals surface area contributed by atoms with Gasteiger partial charge in [0.25, 0.3) is 5.91 Å². The normalized spacial score (nSPS) is 21.4. The van der Waals surface area contributed by atoms with Crippen LogP contribution in [0.25, 0.3) is 10.9 Å². The Bertz CT molecular complexity index is 803. The average molecular weight is 347 g/mol. The van der Waals surface area contributed by atoms with E-state index in [1.54, 1.807) is 6.07 Å². The number of hydrogen-bond donors (Lipinski definition) is 2. The van der Waals surface area contributed by atoms with E-state index in [9.17, 15) is 9.59 Å². The fourth-order valence-electron chi connectivity index (χ4n) is 3.62. The molecule has 2 aromatic rings. The molecule has 3 amide bonds. The Balaban J connectivity index is 1.53. The average Bonchev–Trinajstić information content (AvgIpc) is 3.20. The number of likely N-dealkylation sites (tertiary alicyclic amines) is 1. The first-order valence-corrected chi connectivity index (χ1v) is 8.61. The maximum absolute atomic E-state index is 12.8. The minimum atomic E-state index is -0.0216. The molecule has 2 aliphatic rings. The van der Waals surface area contributed by atoms with Crippen molar-refractivity contribution in [3.05, 3.63) is 35.0 Å². The number of benzene rings is 1. The lowest BCUT2D eigenvalue weighted by Gasteiger charge is -2.36. The van der Waals surface area contributed by atoms with Crippen LogP contribution in [-0.4, -0.2) is 58.9 Å². The van der Waals surface area contributed by atoms with Gasteiger partial charge in [-0.2, -0.15) is 0 Å². The Morgan fingerprint density at radius 1 is 1.25 bits per heavy atom. The van der Waals surface area contributed by atoms with E-state index in [4.69, 9.17) is 11.6 Å². The number of nitrogens with zero attached hydrogens (tertiary/aromatic N) is 2. The molecule has 3 heterocycles. The molecule has 1 unspecified atom stereocenters. The molecule has 0 radical (unpaired) electrons. The van der Waals surface area contributed by atoms with Crippen LogP contribution < -0.4 is 5.32 Å². The van der Waals surface area contributed by atoms with Crippen LogP contribution in [0.1, 0.15) is 23.3 Å². The molecule has 2 saturated heterocycles. The van der Waals surface area contributed by atoms with Crippen LogP contribution in [0.4, 0.5) is 4.79 Å². The van der Waals surface area contributed by atoms with Gasteiger partial charge in [0, 0.05) is 42.1 Å². The molecule has 1 aromatic heterocycles. The molecule has 1 atom stereocenters.